The number of carbonyl (C=O) groups is 1. The molecule has 2 aromatic rings. The van der Waals surface area contributed by atoms with E-state index < -0.39 is 0 Å². The molecule has 25 heavy (non-hydrogen) atoms. The number of anilines is 1. The molecule has 1 unspecified atom stereocenters. The quantitative estimate of drug-likeness (QED) is 0.838. The molecule has 0 radical (unpaired) electrons. The van der Waals surface area contributed by atoms with Crippen LogP contribution in [0.5, 0.6) is 5.75 Å². The molecule has 7 nitrogen and oxygen atoms in total. The van der Waals surface area contributed by atoms with E-state index in [1.807, 2.05) is 42.1 Å². The fourth-order valence-corrected chi connectivity index (χ4v) is 2.95. The van der Waals surface area contributed by atoms with Gasteiger partial charge in [0.15, 0.2) is 0 Å². The molecule has 1 aromatic heterocycles. The van der Waals surface area contributed by atoms with Crippen LogP contribution in [0, 0.1) is 0 Å². The molecule has 0 bridgehead atoms. The molecule has 0 saturated carbocycles. The first kappa shape index (κ1) is 19.2. The number of carbonyl (C=O) groups excluding carboxylic acids is 1. The molecule has 0 spiro atoms. The Morgan fingerprint density at radius 3 is 2.80 bits per heavy atom. The number of imidazole rings is 1. The Hall–Kier alpha value is -2.09. The second kappa shape index (κ2) is 8.84. The number of methoxy groups -OCH3 is 1. The molecular formula is C17H24ClN5O2. The van der Waals surface area contributed by atoms with E-state index in [1.54, 1.807) is 13.3 Å². The highest BCUT2D eigenvalue weighted by atomic mass is 35.5. The average Bonchev–Trinajstić information content (AvgIpc) is 3.02. The van der Waals surface area contributed by atoms with Crippen molar-refractivity contribution in [1.82, 2.24) is 19.8 Å². The Balaban J connectivity index is 0.00000225. The number of amides is 1. The van der Waals surface area contributed by atoms with Crippen LogP contribution in [0.3, 0.4) is 0 Å². The predicted molar refractivity (Wildman–Crippen MR) is 99.3 cm³/mol. The van der Waals surface area contributed by atoms with E-state index in [2.05, 4.69) is 20.5 Å². The van der Waals surface area contributed by atoms with Gasteiger partial charge in [-0.25, -0.2) is 4.98 Å². The van der Waals surface area contributed by atoms with Gasteiger partial charge in [0.2, 0.25) is 5.91 Å². The van der Waals surface area contributed by atoms with Gasteiger partial charge >= 0.3 is 0 Å². The molecule has 8 heteroatoms. The Morgan fingerprint density at radius 2 is 2.16 bits per heavy atom. The third-order valence-corrected chi connectivity index (χ3v) is 4.23. The number of aryl methyl sites for hydroxylation is 1. The summed E-state index contributed by atoms with van der Waals surface area (Å²) in [5, 5.41) is 6.31. The van der Waals surface area contributed by atoms with Crippen LogP contribution in [0.4, 0.5) is 5.69 Å². The molecule has 1 amide bonds. The van der Waals surface area contributed by atoms with Crippen molar-refractivity contribution >= 4 is 24.0 Å². The van der Waals surface area contributed by atoms with E-state index in [1.165, 1.54) is 0 Å². The first-order valence-corrected chi connectivity index (χ1v) is 8.03. The predicted octanol–water partition coefficient (Wildman–Crippen LogP) is 1.44. The van der Waals surface area contributed by atoms with Crippen LogP contribution in [0.2, 0.25) is 0 Å². The van der Waals surface area contributed by atoms with Crippen LogP contribution in [-0.4, -0.2) is 53.6 Å². The van der Waals surface area contributed by atoms with Gasteiger partial charge in [0.1, 0.15) is 11.6 Å². The number of hydrogen-bond acceptors (Lipinski definition) is 5. The van der Waals surface area contributed by atoms with Crippen molar-refractivity contribution in [3.63, 3.8) is 0 Å². The summed E-state index contributed by atoms with van der Waals surface area (Å²) < 4.78 is 7.13. The number of nitrogens with zero attached hydrogens (tertiary/aromatic N) is 3. The van der Waals surface area contributed by atoms with Crippen molar-refractivity contribution in [3.05, 3.63) is 42.5 Å². The normalized spacial score (nSPS) is 17.6. The van der Waals surface area contributed by atoms with E-state index in [4.69, 9.17) is 4.74 Å². The molecular weight excluding hydrogens is 342 g/mol. The van der Waals surface area contributed by atoms with Crippen LogP contribution in [-0.2, 0) is 11.8 Å². The molecule has 3 rings (SSSR count). The minimum atomic E-state index is -0.0266. The Kier molecular flexibility index (Phi) is 6.81. The smallest absolute Gasteiger partial charge is 0.238 e. The number of hydrogen-bond donors (Lipinski definition) is 2. The summed E-state index contributed by atoms with van der Waals surface area (Å²) in [5.74, 6) is 1.71. The van der Waals surface area contributed by atoms with E-state index in [0.29, 0.717) is 6.54 Å². The van der Waals surface area contributed by atoms with Gasteiger partial charge in [-0.2, -0.15) is 0 Å². The van der Waals surface area contributed by atoms with E-state index in [-0.39, 0.29) is 24.4 Å². The maximum Gasteiger partial charge on any atom is 0.238 e. The number of piperazine rings is 1. The number of halogens is 1. The van der Waals surface area contributed by atoms with Gasteiger partial charge in [0.05, 0.1) is 19.7 Å². The minimum absolute atomic E-state index is 0. The molecule has 1 saturated heterocycles. The number of ether oxygens (including phenoxy) is 1. The van der Waals surface area contributed by atoms with Crippen LogP contribution >= 0.6 is 12.4 Å². The summed E-state index contributed by atoms with van der Waals surface area (Å²) in [6.45, 7) is 2.82. The standard InChI is InChI=1S/C17H23N5O2.ClH/c1-21-9-8-19-17(21)15-11-18-7-10-22(15)12-16(23)20-13-3-5-14(24-2)6-4-13;/h3-6,8-9,15,18H,7,10-12H2,1-2H3,(H,20,23);1H. The summed E-state index contributed by atoms with van der Waals surface area (Å²) in [6.07, 6.45) is 3.72. The molecule has 1 atom stereocenters. The lowest BCUT2D eigenvalue weighted by Gasteiger charge is -2.35. The number of benzene rings is 1. The van der Waals surface area contributed by atoms with Gasteiger partial charge < -0.3 is 19.9 Å². The van der Waals surface area contributed by atoms with Crippen molar-refractivity contribution < 1.29 is 9.53 Å². The van der Waals surface area contributed by atoms with Gasteiger partial charge in [0, 0.05) is 44.8 Å². The Morgan fingerprint density at radius 1 is 1.40 bits per heavy atom. The van der Waals surface area contributed by atoms with Crippen molar-refractivity contribution in [2.24, 2.45) is 7.05 Å². The molecule has 0 aliphatic carbocycles. The van der Waals surface area contributed by atoms with Crippen LogP contribution < -0.4 is 15.4 Å². The SMILES string of the molecule is COc1ccc(NC(=O)CN2CCNCC2c2nccn2C)cc1.Cl. The zero-order valence-electron chi connectivity index (χ0n) is 14.4. The van der Waals surface area contributed by atoms with Crippen molar-refractivity contribution in [2.45, 2.75) is 6.04 Å². The molecule has 1 fully saturated rings. The maximum absolute atomic E-state index is 12.4. The topological polar surface area (TPSA) is 71.4 Å². The molecule has 1 aliphatic rings. The van der Waals surface area contributed by atoms with Crippen LogP contribution in [0.25, 0.3) is 0 Å². The van der Waals surface area contributed by atoms with Crippen molar-refractivity contribution in [1.29, 1.82) is 0 Å². The lowest BCUT2D eigenvalue weighted by atomic mass is 10.1. The Labute approximate surface area is 153 Å². The third-order valence-electron chi connectivity index (χ3n) is 4.23. The molecule has 2 heterocycles. The minimum Gasteiger partial charge on any atom is -0.497 e. The highest BCUT2D eigenvalue weighted by Crippen LogP contribution is 2.20. The molecule has 2 N–H and O–H groups in total. The summed E-state index contributed by atoms with van der Waals surface area (Å²) in [7, 11) is 3.60. The lowest BCUT2D eigenvalue weighted by Crippen LogP contribution is -2.49. The summed E-state index contributed by atoms with van der Waals surface area (Å²) >= 11 is 0. The fourth-order valence-electron chi connectivity index (χ4n) is 2.95. The Bertz CT molecular complexity index is 689. The van der Waals surface area contributed by atoms with Gasteiger partial charge in [-0.15, -0.1) is 12.4 Å². The average molecular weight is 366 g/mol. The van der Waals surface area contributed by atoms with Crippen LogP contribution in [0.1, 0.15) is 11.9 Å². The van der Waals surface area contributed by atoms with E-state index >= 15 is 0 Å². The first-order chi connectivity index (χ1) is 11.7. The second-order valence-electron chi connectivity index (χ2n) is 5.86. The van der Waals surface area contributed by atoms with Crippen molar-refractivity contribution in [3.8, 4) is 5.75 Å². The van der Waals surface area contributed by atoms with E-state index in [0.717, 1.165) is 36.9 Å². The van der Waals surface area contributed by atoms with Crippen LogP contribution in [0.15, 0.2) is 36.7 Å². The third kappa shape index (κ3) is 4.72. The summed E-state index contributed by atoms with van der Waals surface area (Å²) in [5.41, 5.74) is 0.768. The van der Waals surface area contributed by atoms with Gasteiger partial charge in [0.25, 0.3) is 0 Å². The molecule has 1 aromatic carbocycles. The zero-order chi connectivity index (χ0) is 16.9. The highest BCUT2D eigenvalue weighted by Gasteiger charge is 2.28. The fraction of sp³-hybridized carbons (Fsp3) is 0.412. The summed E-state index contributed by atoms with van der Waals surface area (Å²) in [6, 6.07) is 7.43. The highest BCUT2D eigenvalue weighted by molar-refractivity contribution is 5.92. The second-order valence-corrected chi connectivity index (χ2v) is 5.86. The van der Waals surface area contributed by atoms with Gasteiger partial charge in [-0.1, -0.05) is 0 Å². The number of aromatic nitrogens is 2. The zero-order valence-corrected chi connectivity index (χ0v) is 15.3. The molecule has 1 aliphatic heterocycles. The number of rotatable bonds is 5. The largest absolute Gasteiger partial charge is 0.497 e. The van der Waals surface area contributed by atoms with Gasteiger partial charge in [-0.3, -0.25) is 9.69 Å². The lowest BCUT2D eigenvalue weighted by molar-refractivity contribution is -0.118. The summed E-state index contributed by atoms with van der Waals surface area (Å²) in [4.78, 5) is 19.0. The number of nitrogens with one attached hydrogen (secondary N) is 2. The van der Waals surface area contributed by atoms with Gasteiger partial charge in [-0.05, 0) is 24.3 Å². The first-order valence-electron chi connectivity index (χ1n) is 8.03. The van der Waals surface area contributed by atoms with E-state index in [9.17, 15) is 4.79 Å². The van der Waals surface area contributed by atoms with Crippen molar-refractivity contribution in [2.75, 3.05) is 38.6 Å². The maximum atomic E-state index is 12.4. The monoisotopic (exact) mass is 365 g/mol. The molecule has 136 valence electrons.